The van der Waals surface area contributed by atoms with Crippen LogP contribution in [0.2, 0.25) is 5.02 Å². The van der Waals surface area contributed by atoms with E-state index in [0.29, 0.717) is 16.5 Å². The molecule has 0 fully saturated rings. The molecule has 0 atom stereocenters. The second-order valence-corrected chi connectivity index (χ2v) is 4.74. The number of rotatable bonds is 3. The number of amides is 1. The van der Waals surface area contributed by atoms with Crippen molar-refractivity contribution in [2.45, 2.75) is 0 Å². The third kappa shape index (κ3) is 2.95. The molecule has 1 aromatic carbocycles. The predicted octanol–water partition coefficient (Wildman–Crippen LogP) is 4.25. The molecular formula is C16H11ClN2O2. The van der Waals surface area contributed by atoms with Gasteiger partial charge in [0.1, 0.15) is 5.76 Å². The number of furan rings is 1. The van der Waals surface area contributed by atoms with E-state index < -0.39 is 0 Å². The molecule has 1 N–H and O–H groups in total. The molecule has 104 valence electrons. The zero-order valence-electron chi connectivity index (χ0n) is 10.9. The van der Waals surface area contributed by atoms with Crippen molar-refractivity contribution < 1.29 is 9.21 Å². The quantitative estimate of drug-likeness (QED) is 0.786. The van der Waals surface area contributed by atoms with Crippen molar-refractivity contribution in [1.29, 1.82) is 0 Å². The Hall–Kier alpha value is -2.59. The second kappa shape index (κ2) is 5.81. The van der Waals surface area contributed by atoms with Gasteiger partial charge in [-0.15, -0.1) is 0 Å². The Balaban J connectivity index is 1.82. The average molecular weight is 299 g/mol. The Morgan fingerprint density at radius 1 is 1.05 bits per heavy atom. The van der Waals surface area contributed by atoms with E-state index in [2.05, 4.69) is 10.3 Å². The summed E-state index contributed by atoms with van der Waals surface area (Å²) < 4.78 is 5.57. The van der Waals surface area contributed by atoms with Crippen molar-refractivity contribution in [3.63, 3.8) is 0 Å². The second-order valence-electron chi connectivity index (χ2n) is 4.33. The Bertz CT molecular complexity index is 769. The van der Waals surface area contributed by atoms with Crippen LogP contribution in [0.3, 0.4) is 0 Å². The third-order valence-electron chi connectivity index (χ3n) is 2.91. The summed E-state index contributed by atoms with van der Waals surface area (Å²) in [7, 11) is 0. The number of hydrogen-bond acceptors (Lipinski definition) is 3. The van der Waals surface area contributed by atoms with Crippen LogP contribution in [-0.2, 0) is 0 Å². The van der Waals surface area contributed by atoms with Gasteiger partial charge in [0.05, 0.1) is 5.02 Å². The molecule has 3 aromatic rings. The molecule has 4 nitrogen and oxygen atoms in total. The molecule has 3 rings (SSSR count). The van der Waals surface area contributed by atoms with Gasteiger partial charge >= 0.3 is 0 Å². The molecule has 1 amide bonds. The first-order chi connectivity index (χ1) is 10.2. The van der Waals surface area contributed by atoms with Gasteiger partial charge in [-0.1, -0.05) is 23.7 Å². The van der Waals surface area contributed by atoms with Crippen molar-refractivity contribution in [3.8, 4) is 11.3 Å². The molecule has 0 aliphatic heterocycles. The molecule has 5 heteroatoms. The number of carbonyl (C=O) groups is 1. The number of pyridine rings is 1. The first-order valence-corrected chi connectivity index (χ1v) is 6.68. The standard InChI is InChI=1S/C16H11ClN2O2/c17-13-4-2-1-3-12(13)14-5-6-15(21-14)16(20)19-11-7-9-18-10-8-11/h1-10H,(H,18,19,20). The molecule has 0 unspecified atom stereocenters. The van der Waals surface area contributed by atoms with Crippen LogP contribution in [-0.4, -0.2) is 10.9 Å². The van der Waals surface area contributed by atoms with Crippen LogP contribution in [0, 0.1) is 0 Å². The maximum atomic E-state index is 12.1. The van der Waals surface area contributed by atoms with Gasteiger partial charge in [-0.3, -0.25) is 9.78 Å². The Kier molecular flexibility index (Phi) is 3.71. The number of nitrogens with zero attached hydrogens (tertiary/aromatic N) is 1. The Labute approximate surface area is 126 Å². The Morgan fingerprint density at radius 3 is 2.57 bits per heavy atom. The van der Waals surface area contributed by atoms with Crippen molar-refractivity contribution in [1.82, 2.24) is 4.98 Å². The molecule has 0 radical (unpaired) electrons. The summed E-state index contributed by atoms with van der Waals surface area (Å²) in [5.74, 6) is 0.460. The number of benzene rings is 1. The molecule has 0 spiro atoms. The van der Waals surface area contributed by atoms with Gasteiger partial charge in [0.15, 0.2) is 5.76 Å². The zero-order chi connectivity index (χ0) is 14.7. The first-order valence-electron chi connectivity index (χ1n) is 6.30. The molecule has 2 aromatic heterocycles. The predicted molar refractivity (Wildman–Crippen MR) is 81.3 cm³/mol. The third-order valence-corrected chi connectivity index (χ3v) is 3.24. The van der Waals surface area contributed by atoms with Gasteiger partial charge in [-0.05, 0) is 36.4 Å². The highest BCUT2D eigenvalue weighted by atomic mass is 35.5. The number of halogens is 1. The highest BCUT2D eigenvalue weighted by Crippen LogP contribution is 2.29. The number of carbonyl (C=O) groups excluding carboxylic acids is 1. The van der Waals surface area contributed by atoms with Crippen LogP contribution in [0.1, 0.15) is 10.6 Å². The van der Waals surface area contributed by atoms with Crippen LogP contribution in [0.4, 0.5) is 5.69 Å². The lowest BCUT2D eigenvalue weighted by atomic mass is 10.2. The van der Waals surface area contributed by atoms with Gasteiger partial charge < -0.3 is 9.73 Å². The number of anilines is 1. The van der Waals surface area contributed by atoms with E-state index in [1.165, 1.54) is 0 Å². The molecule has 0 aliphatic rings. The Morgan fingerprint density at radius 2 is 1.81 bits per heavy atom. The van der Waals surface area contributed by atoms with E-state index in [9.17, 15) is 4.79 Å². The van der Waals surface area contributed by atoms with Crippen molar-refractivity contribution >= 4 is 23.2 Å². The van der Waals surface area contributed by atoms with Crippen LogP contribution in [0.15, 0.2) is 65.3 Å². The summed E-state index contributed by atoms with van der Waals surface area (Å²) in [6, 6.07) is 14.1. The lowest BCUT2D eigenvalue weighted by Gasteiger charge is -2.02. The summed E-state index contributed by atoms with van der Waals surface area (Å²) in [6.07, 6.45) is 3.21. The normalized spacial score (nSPS) is 10.3. The van der Waals surface area contributed by atoms with Crippen molar-refractivity contribution in [3.05, 3.63) is 71.7 Å². The lowest BCUT2D eigenvalue weighted by Crippen LogP contribution is -2.10. The first kappa shape index (κ1) is 13.4. The van der Waals surface area contributed by atoms with E-state index in [1.807, 2.05) is 18.2 Å². The minimum Gasteiger partial charge on any atom is -0.451 e. The van der Waals surface area contributed by atoms with E-state index in [1.54, 1.807) is 42.7 Å². The van der Waals surface area contributed by atoms with E-state index >= 15 is 0 Å². The fourth-order valence-corrected chi connectivity index (χ4v) is 2.12. The summed E-state index contributed by atoms with van der Waals surface area (Å²) >= 11 is 6.11. The lowest BCUT2D eigenvalue weighted by molar-refractivity contribution is 0.0997. The largest absolute Gasteiger partial charge is 0.451 e. The molecule has 0 bridgehead atoms. The fraction of sp³-hybridized carbons (Fsp3) is 0. The van der Waals surface area contributed by atoms with Gasteiger partial charge in [0, 0.05) is 23.6 Å². The highest BCUT2D eigenvalue weighted by molar-refractivity contribution is 6.33. The molecule has 0 saturated heterocycles. The van der Waals surface area contributed by atoms with Crippen LogP contribution in [0.5, 0.6) is 0 Å². The van der Waals surface area contributed by atoms with Crippen LogP contribution in [0.25, 0.3) is 11.3 Å². The molecule has 0 aliphatic carbocycles. The van der Waals surface area contributed by atoms with Crippen molar-refractivity contribution in [2.24, 2.45) is 0 Å². The molecule has 2 heterocycles. The van der Waals surface area contributed by atoms with E-state index in [0.717, 1.165) is 5.56 Å². The monoisotopic (exact) mass is 298 g/mol. The summed E-state index contributed by atoms with van der Waals surface area (Å²) in [5, 5.41) is 3.31. The topological polar surface area (TPSA) is 55.1 Å². The van der Waals surface area contributed by atoms with Gasteiger partial charge in [-0.25, -0.2) is 0 Å². The molecule has 0 saturated carbocycles. The van der Waals surface area contributed by atoms with Crippen LogP contribution < -0.4 is 5.32 Å². The zero-order valence-corrected chi connectivity index (χ0v) is 11.7. The molecular weight excluding hydrogens is 288 g/mol. The summed E-state index contributed by atoms with van der Waals surface area (Å²) in [5.41, 5.74) is 1.41. The highest BCUT2D eigenvalue weighted by Gasteiger charge is 2.13. The van der Waals surface area contributed by atoms with E-state index in [-0.39, 0.29) is 11.7 Å². The molecule has 21 heavy (non-hydrogen) atoms. The van der Waals surface area contributed by atoms with Crippen LogP contribution >= 0.6 is 11.6 Å². The minimum atomic E-state index is -0.320. The SMILES string of the molecule is O=C(Nc1ccncc1)c1ccc(-c2ccccc2Cl)o1. The summed E-state index contributed by atoms with van der Waals surface area (Å²) in [4.78, 5) is 16.0. The summed E-state index contributed by atoms with van der Waals surface area (Å²) in [6.45, 7) is 0. The van der Waals surface area contributed by atoms with Gasteiger partial charge in [0.2, 0.25) is 0 Å². The maximum absolute atomic E-state index is 12.1. The van der Waals surface area contributed by atoms with Gasteiger partial charge in [-0.2, -0.15) is 0 Å². The number of aromatic nitrogens is 1. The maximum Gasteiger partial charge on any atom is 0.291 e. The van der Waals surface area contributed by atoms with Crippen molar-refractivity contribution in [2.75, 3.05) is 5.32 Å². The van der Waals surface area contributed by atoms with Gasteiger partial charge in [0.25, 0.3) is 5.91 Å². The fourth-order valence-electron chi connectivity index (χ4n) is 1.89. The minimum absolute atomic E-state index is 0.224. The smallest absolute Gasteiger partial charge is 0.291 e. The van der Waals surface area contributed by atoms with E-state index in [4.69, 9.17) is 16.0 Å². The number of hydrogen-bond donors (Lipinski definition) is 1. The average Bonchev–Trinajstić information content (AvgIpc) is 2.98. The number of nitrogens with one attached hydrogen (secondary N) is 1.